The Morgan fingerprint density at radius 3 is 2.56 bits per heavy atom. The number of carbonyl (C=O) groups excluding carboxylic acids is 2. The van der Waals surface area contributed by atoms with Crippen molar-refractivity contribution in [3.05, 3.63) is 68.7 Å². The van der Waals surface area contributed by atoms with Crippen LogP contribution in [0.3, 0.4) is 0 Å². The van der Waals surface area contributed by atoms with Gasteiger partial charge in [-0.05, 0) is 49.2 Å². The number of ether oxygens (including phenoxy) is 1. The van der Waals surface area contributed by atoms with Crippen LogP contribution >= 0.6 is 11.3 Å². The third-order valence-electron chi connectivity index (χ3n) is 8.45. The van der Waals surface area contributed by atoms with Crippen molar-refractivity contribution < 1.29 is 28.8 Å². The molecule has 1 aromatic carbocycles. The molecule has 2 aromatic heterocycles. The predicted molar refractivity (Wildman–Crippen MR) is 155 cm³/mol. The molecule has 218 valence electrons. The van der Waals surface area contributed by atoms with Gasteiger partial charge in [0.25, 0.3) is 5.69 Å². The Morgan fingerprint density at radius 2 is 1.95 bits per heavy atom. The van der Waals surface area contributed by atoms with Crippen LogP contribution in [0.2, 0.25) is 18.1 Å². The van der Waals surface area contributed by atoms with Crippen LogP contribution in [0.5, 0.6) is 0 Å². The molecule has 2 aliphatic heterocycles. The summed E-state index contributed by atoms with van der Waals surface area (Å²) in [5.74, 6) is -1.58. The van der Waals surface area contributed by atoms with Gasteiger partial charge in [-0.3, -0.25) is 19.3 Å². The molecule has 41 heavy (non-hydrogen) atoms. The van der Waals surface area contributed by atoms with E-state index in [1.807, 2.05) is 4.40 Å². The Bertz CT molecular complexity index is 1550. The highest BCUT2D eigenvalue weighted by Gasteiger charge is 2.57. The first kappa shape index (κ1) is 29.1. The SMILES string of the molecule is C[C@@H](O)[C@H]1C(=O)N2C(C(=O)OCc3ccc([N+](=O)[O-])cc3)=C(c3sc4cncn4c3CO[Si](C)(C)C(C)(C)C)C[C@H]12. The molecule has 3 aromatic rings. The highest BCUT2D eigenvalue weighted by atomic mass is 32.1. The molecule has 4 heterocycles. The first-order chi connectivity index (χ1) is 19.2. The second-order valence-electron chi connectivity index (χ2n) is 12.1. The van der Waals surface area contributed by atoms with E-state index in [9.17, 15) is 24.8 Å². The van der Waals surface area contributed by atoms with Crippen molar-refractivity contribution in [2.45, 2.75) is 77.6 Å². The van der Waals surface area contributed by atoms with Gasteiger partial charge in [-0.1, -0.05) is 20.8 Å². The number of rotatable bonds is 9. The molecule has 0 bridgehead atoms. The number of aliphatic hydroxyl groups excluding tert-OH is 1. The van der Waals surface area contributed by atoms with E-state index in [-0.39, 0.29) is 35.0 Å². The number of carbonyl (C=O) groups is 2. The van der Waals surface area contributed by atoms with Gasteiger partial charge in [0.2, 0.25) is 5.91 Å². The maximum absolute atomic E-state index is 13.6. The van der Waals surface area contributed by atoms with E-state index in [0.717, 1.165) is 15.4 Å². The minimum Gasteiger partial charge on any atom is -0.456 e. The number of aromatic nitrogens is 2. The highest BCUT2D eigenvalue weighted by Crippen LogP contribution is 2.49. The van der Waals surface area contributed by atoms with E-state index in [2.05, 4.69) is 38.8 Å². The number of benzene rings is 1. The van der Waals surface area contributed by atoms with E-state index in [4.69, 9.17) is 9.16 Å². The van der Waals surface area contributed by atoms with Gasteiger partial charge in [0.05, 0.1) is 46.4 Å². The van der Waals surface area contributed by atoms with Gasteiger partial charge in [-0.25, -0.2) is 9.78 Å². The first-order valence-electron chi connectivity index (χ1n) is 13.4. The van der Waals surface area contributed by atoms with Gasteiger partial charge in [0.1, 0.15) is 23.5 Å². The highest BCUT2D eigenvalue weighted by molar-refractivity contribution is 7.18. The number of fused-ring (bicyclic) bond motifs is 2. The van der Waals surface area contributed by atoms with Crippen LogP contribution in [0.1, 0.15) is 50.3 Å². The van der Waals surface area contributed by atoms with Gasteiger partial charge in [-0.15, -0.1) is 11.3 Å². The molecule has 0 aliphatic carbocycles. The van der Waals surface area contributed by atoms with Crippen molar-refractivity contribution in [2.24, 2.45) is 5.92 Å². The average Bonchev–Trinajstić information content (AvgIpc) is 3.57. The van der Waals surface area contributed by atoms with Crippen LogP contribution in [0, 0.1) is 16.0 Å². The summed E-state index contributed by atoms with van der Waals surface area (Å²) in [7, 11) is -2.12. The zero-order valence-corrected chi connectivity index (χ0v) is 25.7. The minimum atomic E-state index is -2.12. The van der Waals surface area contributed by atoms with Crippen molar-refractivity contribution in [3.8, 4) is 0 Å². The molecule has 2 aliphatic rings. The minimum absolute atomic E-state index is 0.00157. The summed E-state index contributed by atoms with van der Waals surface area (Å²) in [6, 6.07) is 5.41. The molecule has 11 nitrogen and oxygen atoms in total. The Hall–Kier alpha value is -3.39. The Balaban J connectivity index is 1.51. The topological polar surface area (TPSA) is 137 Å². The number of imidazole rings is 1. The second kappa shape index (κ2) is 10.5. The molecule has 0 spiro atoms. The molecule has 0 saturated carbocycles. The van der Waals surface area contributed by atoms with E-state index >= 15 is 0 Å². The molecule has 1 amide bonds. The zero-order chi connectivity index (χ0) is 29.9. The number of thiazole rings is 1. The van der Waals surface area contributed by atoms with Gasteiger partial charge < -0.3 is 19.2 Å². The predicted octanol–water partition coefficient (Wildman–Crippen LogP) is 4.89. The van der Waals surface area contributed by atoms with Gasteiger partial charge >= 0.3 is 5.97 Å². The van der Waals surface area contributed by atoms with Crippen LogP contribution in [0.15, 0.2) is 42.5 Å². The van der Waals surface area contributed by atoms with Gasteiger partial charge in [0.15, 0.2) is 8.32 Å². The van der Waals surface area contributed by atoms with Crippen molar-refractivity contribution in [3.63, 3.8) is 0 Å². The summed E-state index contributed by atoms with van der Waals surface area (Å²) >= 11 is 1.47. The Labute approximate surface area is 242 Å². The lowest BCUT2D eigenvalue weighted by molar-refractivity contribution is -0.384. The Morgan fingerprint density at radius 1 is 1.27 bits per heavy atom. The summed E-state index contributed by atoms with van der Waals surface area (Å²) in [6.45, 7) is 12.7. The average molecular weight is 599 g/mol. The summed E-state index contributed by atoms with van der Waals surface area (Å²) < 4.78 is 14.2. The molecule has 0 unspecified atom stereocenters. The second-order valence-corrected chi connectivity index (χ2v) is 17.9. The number of hydrogen-bond acceptors (Lipinski definition) is 9. The van der Waals surface area contributed by atoms with Crippen LogP contribution in [-0.2, 0) is 32.0 Å². The van der Waals surface area contributed by atoms with Crippen molar-refractivity contribution in [1.82, 2.24) is 14.3 Å². The summed E-state index contributed by atoms with van der Waals surface area (Å²) in [5.41, 5.74) is 2.23. The van der Waals surface area contributed by atoms with Crippen LogP contribution in [0.4, 0.5) is 5.69 Å². The van der Waals surface area contributed by atoms with Crippen LogP contribution in [-0.4, -0.2) is 56.7 Å². The number of esters is 1. The van der Waals surface area contributed by atoms with E-state index in [0.29, 0.717) is 24.2 Å². The fraction of sp³-hybridized carbons (Fsp3) is 0.464. The third kappa shape index (κ3) is 5.11. The molecular formula is C28H34N4O7SSi. The maximum Gasteiger partial charge on any atom is 0.355 e. The molecule has 1 fully saturated rings. The van der Waals surface area contributed by atoms with Crippen molar-refractivity contribution in [2.75, 3.05) is 0 Å². The van der Waals surface area contributed by atoms with Gasteiger partial charge in [-0.2, -0.15) is 0 Å². The zero-order valence-electron chi connectivity index (χ0n) is 23.9. The maximum atomic E-state index is 13.6. The summed E-state index contributed by atoms with van der Waals surface area (Å²) in [6.07, 6.45) is 3.02. The fourth-order valence-electron chi connectivity index (χ4n) is 5.06. The fourth-order valence-corrected chi connectivity index (χ4v) is 7.15. The van der Waals surface area contributed by atoms with E-state index < -0.39 is 31.2 Å². The normalized spacial score (nSPS) is 19.9. The van der Waals surface area contributed by atoms with Crippen LogP contribution < -0.4 is 0 Å². The summed E-state index contributed by atoms with van der Waals surface area (Å²) in [4.78, 5) is 44.7. The number of hydrogen-bond donors (Lipinski definition) is 1. The largest absolute Gasteiger partial charge is 0.456 e. The number of β-lactam (4-membered cyclic amide) rings is 1. The summed E-state index contributed by atoms with van der Waals surface area (Å²) in [5, 5.41) is 21.3. The number of nitro groups is 1. The Kier molecular flexibility index (Phi) is 7.43. The molecule has 1 N–H and O–H groups in total. The number of non-ortho nitro benzene ring substituents is 1. The first-order valence-corrected chi connectivity index (χ1v) is 17.2. The molecule has 1 saturated heterocycles. The van der Waals surface area contributed by atoms with Crippen molar-refractivity contribution in [1.29, 1.82) is 0 Å². The number of amides is 1. The van der Waals surface area contributed by atoms with Crippen LogP contribution in [0.25, 0.3) is 10.4 Å². The quantitative estimate of drug-likeness (QED) is 0.121. The monoisotopic (exact) mass is 598 g/mol. The smallest absolute Gasteiger partial charge is 0.355 e. The number of nitrogens with zero attached hydrogens (tertiary/aromatic N) is 4. The molecule has 3 atom stereocenters. The van der Waals surface area contributed by atoms with E-state index in [1.54, 1.807) is 19.4 Å². The molecule has 13 heteroatoms. The lowest BCUT2D eigenvalue weighted by Gasteiger charge is -2.44. The number of nitro benzene ring substituents is 1. The molecule has 5 rings (SSSR count). The van der Waals surface area contributed by atoms with Gasteiger partial charge in [0, 0.05) is 17.7 Å². The molecule has 0 radical (unpaired) electrons. The lowest BCUT2D eigenvalue weighted by Crippen LogP contribution is -2.61. The lowest BCUT2D eigenvalue weighted by atomic mass is 9.83. The number of aliphatic hydroxyl groups is 1. The van der Waals surface area contributed by atoms with Crippen molar-refractivity contribution >= 4 is 47.6 Å². The van der Waals surface area contributed by atoms with E-state index in [1.165, 1.54) is 40.5 Å². The molecular weight excluding hydrogens is 564 g/mol. The third-order valence-corrected chi connectivity index (χ3v) is 14.1. The standard InChI is InChI=1S/C28H34N4O7SSi/c1-16(33)23-20-11-19(25-21(30-15-29-12-22(30)40-25)14-39-41(5,6)28(2,3)4)24(31(20)26(23)34)27(35)38-13-17-7-9-18(10-8-17)32(36)37/h7-10,12,15-16,20,23,33H,11,13-14H2,1-6H3/t16-,20-,23-/m1/s1.